The van der Waals surface area contributed by atoms with Crippen LogP contribution < -0.4 is 4.72 Å². The third kappa shape index (κ3) is 7.23. The van der Waals surface area contributed by atoms with Gasteiger partial charge in [-0.15, -0.1) is 11.3 Å². The van der Waals surface area contributed by atoms with E-state index in [0.29, 0.717) is 23.9 Å². The lowest BCUT2D eigenvalue weighted by atomic mass is 10.3. The minimum Gasteiger partial charge on any atom is -0.466 e. The summed E-state index contributed by atoms with van der Waals surface area (Å²) in [6.07, 6.45) is 0.989. The van der Waals surface area contributed by atoms with Gasteiger partial charge in [-0.2, -0.15) is 0 Å². The van der Waals surface area contributed by atoms with Gasteiger partial charge in [0.1, 0.15) is 0 Å². The van der Waals surface area contributed by atoms with Crippen LogP contribution in [0.2, 0.25) is 4.34 Å². The van der Waals surface area contributed by atoms with Gasteiger partial charge in [0.15, 0.2) is 0 Å². The molecular weight excluding hydrogens is 322 g/mol. The number of thiophene rings is 1. The normalized spacial score (nSPS) is 11.5. The molecule has 0 radical (unpaired) electrons. The average Bonchev–Trinajstić information content (AvgIpc) is 2.75. The number of carbonyl (C=O) groups excluding carboxylic acids is 1. The molecule has 8 heteroatoms. The lowest BCUT2D eigenvalue weighted by Crippen LogP contribution is -2.28. The molecule has 0 aromatic carbocycles. The first-order chi connectivity index (χ1) is 9.43. The summed E-state index contributed by atoms with van der Waals surface area (Å²) in [7, 11) is -3.34. The fourth-order valence-corrected chi connectivity index (χ4v) is 3.70. The summed E-state index contributed by atoms with van der Waals surface area (Å²) in [6.45, 7) is 2.36. The van der Waals surface area contributed by atoms with Crippen LogP contribution in [0, 0.1) is 0 Å². The third-order valence-electron chi connectivity index (χ3n) is 2.42. The molecule has 1 rings (SSSR count). The van der Waals surface area contributed by atoms with Crippen LogP contribution in [0.4, 0.5) is 0 Å². The van der Waals surface area contributed by atoms with Crippen LogP contribution in [0.3, 0.4) is 0 Å². The SMILES string of the molecule is CCOC(=O)CCCS(=O)(=O)NCCc1ccc(Cl)s1. The molecule has 0 aliphatic heterocycles. The molecule has 0 bridgehead atoms. The molecule has 1 heterocycles. The predicted molar refractivity (Wildman–Crippen MR) is 80.7 cm³/mol. The molecule has 1 aromatic rings. The van der Waals surface area contributed by atoms with E-state index in [9.17, 15) is 13.2 Å². The molecule has 5 nitrogen and oxygen atoms in total. The maximum absolute atomic E-state index is 11.7. The number of halogens is 1. The number of sulfonamides is 1. The number of nitrogens with one attached hydrogen (secondary N) is 1. The van der Waals surface area contributed by atoms with Crippen LogP contribution in [0.25, 0.3) is 0 Å². The van der Waals surface area contributed by atoms with Gasteiger partial charge in [0.05, 0.1) is 16.7 Å². The molecule has 0 saturated carbocycles. The van der Waals surface area contributed by atoms with Gasteiger partial charge >= 0.3 is 5.97 Å². The molecule has 0 unspecified atom stereocenters. The Morgan fingerprint density at radius 3 is 2.80 bits per heavy atom. The van der Waals surface area contributed by atoms with Crippen LogP contribution in [0.15, 0.2) is 12.1 Å². The van der Waals surface area contributed by atoms with Gasteiger partial charge in [0.25, 0.3) is 0 Å². The lowest BCUT2D eigenvalue weighted by Gasteiger charge is -2.06. The van der Waals surface area contributed by atoms with Crippen LogP contribution in [-0.2, 0) is 26.0 Å². The van der Waals surface area contributed by atoms with E-state index in [4.69, 9.17) is 16.3 Å². The number of hydrogen-bond donors (Lipinski definition) is 1. The molecule has 114 valence electrons. The Kier molecular flexibility index (Phi) is 7.50. The van der Waals surface area contributed by atoms with Gasteiger partial charge in [-0.1, -0.05) is 11.6 Å². The Bertz CT molecular complexity index is 527. The van der Waals surface area contributed by atoms with Crippen molar-refractivity contribution in [2.24, 2.45) is 0 Å². The maximum atomic E-state index is 11.7. The minimum absolute atomic E-state index is 0.0724. The van der Waals surface area contributed by atoms with Crippen molar-refractivity contribution in [3.05, 3.63) is 21.3 Å². The minimum atomic E-state index is -3.34. The number of rotatable bonds is 9. The van der Waals surface area contributed by atoms with E-state index < -0.39 is 10.0 Å². The van der Waals surface area contributed by atoms with Crippen LogP contribution in [-0.4, -0.2) is 33.3 Å². The molecule has 20 heavy (non-hydrogen) atoms. The summed E-state index contributed by atoms with van der Waals surface area (Å²) in [5.74, 6) is -0.437. The molecule has 1 N–H and O–H groups in total. The van der Waals surface area contributed by atoms with Gasteiger partial charge in [-0.3, -0.25) is 4.79 Å². The molecule has 0 aliphatic rings. The second-order valence-corrected chi connectivity index (χ2v) is 7.80. The van der Waals surface area contributed by atoms with Crippen molar-refractivity contribution in [1.82, 2.24) is 4.72 Å². The average molecular weight is 340 g/mol. The van der Waals surface area contributed by atoms with E-state index in [-0.39, 0.29) is 24.6 Å². The second-order valence-electron chi connectivity index (χ2n) is 4.08. The molecule has 0 aliphatic carbocycles. The Morgan fingerprint density at radius 2 is 2.20 bits per heavy atom. The van der Waals surface area contributed by atoms with Crippen molar-refractivity contribution in [3.8, 4) is 0 Å². The highest BCUT2D eigenvalue weighted by molar-refractivity contribution is 7.89. The fourth-order valence-electron chi connectivity index (χ4n) is 1.53. The number of esters is 1. The Balaban J connectivity index is 2.22. The Labute approximate surface area is 128 Å². The molecule has 0 atom stereocenters. The summed E-state index contributed by atoms with van der Waals surface area (Å²) in [5.41, 5.74) is 0. The van der Waals surface area contributed by atoms with Crippen molar-refractivity contribution in [1.29, 1.82) is 0 Å². The third-order valence-corrected chi connectivity index (χ3v) is 5.18. The number of ether oxygens (including phenoxy) is 1. The quantitative estimate of drug-likeness (QED) is 0.700. The predicted octanol–water partition coefficient (Wildman–Crippen LogP) is 2.21. The van der Waals surface area contributed by atoms with E-state index in [2.05, 4.69) is 4.72 Å². The summed E-state index contributed by atoms with van der Waals surface area (Å²) < 4.78 is 31.3. The highest BCUT2D eigenvalue weighted by Crippen LogP contribution is 2.21. The molecule has 0 saturated heterocycles. The van der Waals surface area contributed by atoms with Gasteiger partial charge in [0.2, 0.25) is 10.0 Å². The largest absolute Gasteiger partial charge is 0.466 e. The molecule has 0 fully saturated rings. The van der Waals surface area contributed by atoms with Crippen molar-refractivity contribution < 1.29 is 17.9 Å². The lowest BCUT2D eigenvalue weighted by molar-refractivity contribution is -0.143. The smallest absolute Gasteiger partial charge is 0.305 e. The molecular formula is C12H18ClNO4S2. The second kappa shape index (κ2) is 8.61. The monoisotopic (exact) mass is 339 g/mol. The first-order valence-corrected chi connectivity index (χ1v) is 9.15. The topological polar surface area (TPSA) is 72.5 Å². The highest BCUT2D eigenvalue weighted by atomic mass is 35.5. The van der Waals surface area contributed by atoms with E-state index >= 15 is 0 Å². The summed E-state index contributed by atoms with van der Waals surface area (Å²) in [4.78, 5) is 12.1. The zero-order chi connectivity index (χ0) is 15.0. The van der Waals surface area contributed by atoms with Gasteiger partial charge < -0.3 is 4.74 Å². The summed E-state index contributed by atoms with van der Waals surface area (Å²) >= 11 is 7.22. The summed E-state index contributed by atoms with van der Waals surface area (Å²) in [6, 6.07) is 3.66. The van der Waals surface area contributed by atoms with E-state index in [1.165, 1.54) is 11.3 Å². The maximum Gasteiger partial charge on any atom is 0.305 e. The number of carbonyl (C=O) groups is 1. The van der Waals surface area contributed by atoms with Crippen molar-refractivity contribution in [2.45, 2.75) is 26.2 Å². The standard InChI is InChI=1S/C12H18ClNO4S2/c1-2-18-12(15)4-3-9-20(16,17)14-8-7-10-5-6-11(13)19-10/h5-6,14H,2-4,7-9H2,1H3. The molecule has 0 amide bonds. The molecule has 0 spiro atoms. The fraction of sp³-hybridized carbons (Fsp3) is 0.583. The van der Waals surface area contributed by atoms with Crippen molar-refractivity contribution >= 4 is 38.9 Å². The van der Waals surface area contributed by atoms with E-state index in [1.54, 1.807) is 13.0 Å². The van der Waals surface area contributed by atoms with Crippen LogP contribution in [0.1, 0.15) is 24.6 Å². The van der Waals surface area contributed by atoms with E-state index in [1.807, 2.05) is 6.07 Å². The number of hydrogen-bond acceptors (Lipinski definition) is 5. The first-order valence-electron chi connectivity index (χ1n) is 6.30. The van der Waals surface area contributed by atoms with Gasteiger partial charge in [-0.05, 0) is 31.9 Å². The first kappa shape index (κ1) is 17.4. The highest BCUT2D eigenvalue weighted by Gasteiger charge is 2.11. The Morgan fingerprint density at radius 1 is 1.45 bits per heavy atom. The van der Waals surface area contributed by atoms with Crippen molar-refractivity contribution in [3.63, 3.8) is 0 Å². The van der Waals surface area contributed by atoms with Gasteiger partial charge in [-0.25, -0.2) is 13.1 Å². The Hall–Kier alpha value is -0.630. The summed E-state index contributed by atoms with van der Waals surface area (Å²) in [5, 5.41) is 0. The molecule has 1 aromatic heterocycles. The van der Waals surface area contributed by atoms with E-state index in [0.717, 1.165) is 4.88 Å². The zero-order valence-corrected chi connectivity index (χ0v) is 13.6. The van der Waals surface area contributed by atoms with Gasteiger partial charge in [0, 0.05) is 17.8 Å². The van der Waals surface area contributed by atoms with Crippen molar-refractivity contribution in [2.75, 3.05) is 18.9 Å². The van der Waals surface area contributed by atoms with Crippen LogP contribution >= 0.6 is 22.9 Å². The zero-order valence-electron chi connectivity index (χ0n) is 11.2. The van der Waals surface area contributed by atoms with Crippen LogP contribution in [0.5, 0.6) is 0 Å².